The minimum absolute atomic E-state index is 0.137. The molecule has 1 atom stereocenters. The van der Waals surface area contributed by atoms with E-state index in [0.29, 0.717) is 30.5 Å². The van der Waals surface area contributed by atoms with Crippen LogP contribution in [0.4, 0.5) is 5.95 Å². The van der Waals surface area contributed by atoms with E-state index in [-0.39, 0.29) is 11.8 Å². The lowest BCUT2D eigenvalue weighted by Gasteiger charge is -2.33. The first-order chi connectivity index (χ1) is 13.5. The average molecular weight is 403 g/mol. The highest BCUT2D eigenvalue weighted by Crippen LogP contribution is 2.34. The van der Waals surface area contributed by atoms with Gasteiger partial charge in [-0.05, 0) is 30.5 Å². The molecule has 7 heteroatoms. The molecule has 1 aromatic heterocycles. The fourth-order valence-corrected chi connectivity index (χ4v) is 3.75. The molecule has 0 unspecified atom stereocenters. The number of rotatable bonds is 6. The molecular formula is C21H27ClN4O2. The number of piperidine rings is 1. The van der Waals surface area contributed by atoms with Crippen LogP contribution in [0.15, 0.2) is 30.5 Å². The number of anilines is 1. The van der Waals surface area contributed by atoms with Gasteiger partial charge in [-0.3, -0.25) is 4.79 Å². The zero-order valence-electron chi connectivity index (χ0n) is 16.7. The second-order valence-electron chi connectivity index (χ2n) is 7.30. The maximum Gasteiger partial charge on any atom is 0.225 e. The Hall–Kier alpha value is -2.18. The van der Waals surface area contributed by atoms with Gasteiger partial charge in [-0.25, -0.2) is 9.97 Å². The highest BCUT2D eigenvalue weighted by atomic mass is 35.5. The van der Waals surface area contributed by atoms with Gasteiger partial charge in [0.2, 0.25) is 11.9 Å². The maximum absolute atomic E-state index is 12.5. The lowest BCUT2D eigenvalue weighted by molar-refractivity contribution is -0.133. The number of halogens is 1. The van der Waals surface area contributed by atoms with Crippen LogP contribution in [0.3, 0.4) is 0 Å². The molecule has 6 nitrogen and oxygen atoms in total. The standard InChI is InChI=1S/C21H27ClN4O2/c1-25(2)21-23-13-18(15-6-4-8-17(22)12-15)20(24-21)16-7-5-10-26(14-16)19(27)9-11-28-3/h4,6,8,12-13,16H,5,7,9-11,14H2,1-3H3/t16-/m0/s1. The summed E-state index contributed by atoms with van der Waals surface area (Å²) in [7, 11) is 5.48. The lowest BCUT2D eigenvalue weighted by atomic mass is 9.90. The van der Waals surface area contributed by atoms with Crippen molar-refractivity contribution in [3.8, 4) is 11.1 Å². The van der Waals surface area contributed by atoms with Crippen LogP contribution < -0.4 is 4.90 Å². The van der Waals surface area contributed by atoms with E-state index >= 15 is 0 Å². The Labute approximate surface area is 171 Å². The van der Waals surface area contributed by atoms with Gasteiger partial charge in [0.1, 0.15) is 0 Å². The van der Waals surface area contributed by atoms with Crippen molar-refractivity contribution < 1.29 is 9.53 Å². The summed E-state index contributed by atoms with van der Waals surface area (Å²) in [6.45, 7) is 1.91. The monoisotopic (exact) mass is 402 g/mol. The number of carbonyl (C=O) groups is 1. The van der Waals surface area contributed by atoms with Gasteiger partial charge in [0, 0.05) is 57.0 Å². The third-order valence-electron chi connectivity index (χ3n) is 5.02. The Kier molecular flexibility index (Phi) is 6.86. The fourth-order valence-electron chi connectivity index (χ4n) is 3.56. The van der Waals surface area contributed by atoms with Gasteiger partial charge < -0.3 is 14.5 Å². The number of aromatic nitrogens is 2. The van der Waals surface area contributed by atoms with Crippen LogP contribution in [0.5, 0.6) is 0 Å². The van der Waals surface area contributed by atoms with Crippen molar-refractivity contribution in [2.24, 2.45) is 0 Å². The molecule has 1 fully saturated rings. The second kappa shape index (κ2) is 9.34. The van der Waals surface area contributed by atoms with Crippen LogP contribution in [-0.4, -0.2) is 61.7 Å². The predicted octanol–water partition coefficient (Wildman–Crippen LogP) is 3.61. The summed E-state index contributed by atoms with van der Waals surface area (Å²) in [5.41, 5.74) is 2.95. The Balaban J connectivity index is 1.94. The maximum atomic E-state index is 12.5. The first-order valence-corrected chi connectivity index (χ1v) is 9.94. The zero-order chi connectivity index (χ0) is 20.1. The summed E-state index contributed by atoms with van der Waals surface area (Å²) < 4.78 is 5.06. The number of benzene rings is 1. The normalized spacial score (nSPS) is 16.9. The van der Waals surface area contributed by atoms with Gasteiger partial charge in [0.15, 0.2) is 0 Å². The topological polar surface area (TPSA) is 58.6 Å². The molecule has 1 aliphatic heterocycles. The zero-order valence-corrected chi connectivity index (χ0v) is 17.4. The van der Waals surface area contributed by atoms with Crippen molar-refractivity contribution in [1.29, 1.82) is 0 Å². The summed E-state index contributed by atoms with van der Waals surface area (Å²) in [6, 6.07) is 7.75. The number of hydrogen-bond acceptors (Lipinski definition) is 5. The molecule has 0 spiro atoms. The van der Waals surface area contributed by atoms with Gasteiger partial charge in [0.05, 0.1) is 18.7 Å². The molecule has 3 rings (SSSR count). The van der Waals surface area contributed by atoms with Crippen molar-refractivity contribution in [3.63, 3.8) is 0 Å². The van der Waals surface area contributed by atoms with E-state index in [2.05, 4.69) is 4.98 Å². The van der Waals surface area contributed by atoms with Crippen LogP contribution in [-0.2, 0) is 9.53 Å². The highest BCUT2D eigenvalue weighted by Gasteiger charge is 2.28. The van der Waals surface area contributed by atoms with Gasteiger partial charge in [-0.15, -0.1) is 0 Å². The van der Waals surface area contributed by atoms with Gasteiger partial charge >= 0.3 is 0 Å². The molecule has 1 saturated heterocycles. The Morgan fingerprint density at radius 1 is 1.39 bits per heavy atom. The van der Waals surface area contributed by atoms with E-state index in [1.54, 1.807) is 7.11 Å². The Morgan fingerprint density at radius 2 is 2.21 bits per heavy atom. The summed E-state index contributed by atoms with van der Waals surface area (Å²) in [4.78, 5) is 25.7. The van der Waals surface area contributed by atoms with Crippen LogP contribution in [0.1, 0.15) is 30.9 Å². The molecule has 28 heavy (non-hydrogen) atoms. The minimum Gasteiger partial charge on any atom is -0.384 e. The van der Waals surface area contributed by atoms with Gasteiger partial charge in [-0.1, -0.05) is 23.7 Å². The Morgan fingerprint density at radius 3 is 2.93 bits per heavy atom. The van der Waals surface area contributed by atoms with Crippen LogP contribution in [0.2, 0.25) is 5.02 Å². The Bertz CT molecular complexity index is 828. The molecule has 1 aromatic carbocycles. The molecular weight excluding hydrogens is 376 g/mol. The molecule has 1 aliphatic rings. The number of hydrogen-bond donors (Lipinski definition) is 0. The summed E-state index contributed by atoms with van der Waals surface area (Å²) >= 11 is 6.21. The summed E-state index contributed by atoms with van der Waals surface area (Å²) in [5.74, 6) is 0.970. The molecule has 1 amide bonds. The smallest absolute Gasteiger partial charge is 0.225 e. The fraction of sp³-hybridized carbons (Fsp3) is 0.476. The largest absolute Gasteiger partial charge is 0.384 e. The van der Waals surface area contributed by atoms with Gasteiger partial charge in [-0.2, -0.15) is 0 Å². The quantitative estimate of drug-likeness (QED) is 0.738. The van der Waals surface area contributed by atoms with Crippen LogP contribution in [0, 0.1) is 0 Å². The molecule has 150 valence electrons. The minimum atomic E-state index is 0.137. The summed E-state index contributed by atoms with van der Waals surface area (Å²) in [6.07, 6.45) is 4.23. The van der Waals surface area contributed by atoms with E-state index in [9.17, 15) is 4.79 Å². The van der Waals surface area contributed by atoms with Crippen molar-refractivity contribution in [3.05, 3.63) is 41.2 Å². The first-order valence-electron chi connectivity index (χ1n) is 9.56. The van der Waals surface area contributed by atoms with Crippen LogP contribution in [0.25, 0.3) is 11.1 Å². The average Bonchev–Trinajstić information content (AvgIpc) is 2.71. The summed E-state index contributed by atoms with van der Waals surface area (Å²) in [5, 5.41) is 0.681. The second-order valence-corrected chi connectivity index (χ2v) is 7.73. The van der Waals surface area contributed by atoms with E-state index in [1.807, 2.05) is 54.4 Å². The molecule has 0 aliphatic carbocycles. The number of nitrogens with zero attached hydrogens (tertiary/aromatic N) is 4. The lowest BCUT2D eigenvalue weighted by Crippen LogP contribution is -2.39. The number of likely N-dealkylation sites (tertiary alicyclic amines) is 1. The first kappa shape index (κ1) is 20.6. The number of amides is 1. The molecule has 0 N–H and O–H groups in total. The number of ether oxygens (including phenoxy) is 1. The van der Waals surface area contributed by atoms with E-state index in [0.717, 1.165) is 36.2 Å². The SMILES string of the molecule is COCCC(=O)N1CCC[C@H](c2nc(N(C)C)ncc2-c2cccc(Cl)c2)C1. The molecule has 2 heterocycles. The van der Waals surface area contributed by atoms with Crippen molar-refractivity contribution in [1.82, 2.24) is 14.9 Å². The number of methoxy groups -OCH3 is 1. The third-order valence-corrected chi connectivity index (χ3v) is 5.26. The highest BCUT2D eigenvalue weighted by molar-refractivity contribution is 6.30. The van der Waals surface area contributed by atoms with Crippen molar-refractivity contribution in [2.75, 3.05) is 45.8 Å². The van der Waals surface area contributed by atoms with E-state index < -0.39 is 0 Å². The predicted molar refractivity (Wildman–Crippen MR) is 112 cm³/mol. The van der Waals surface area contributed by atoms with Crippen molar-refractivity contribution >= 4 is 23.5 Å². The molecule has 0 saturated carbocycles. The van der Waals surface area contributed by atoms with E-state index in [1.165, 1.54) is 0 Å². The van der Waals surface area contributed by atoms with E-state index in [4.69, 9.17) is 21.3 Å². The molecule has 0 bridgehead atoms. The van der Waals surface area contributed by atoms with Crippen LogP contribution >= 0.6 is 11.6 Å². The number of carbonyl (C=O) groups excluding carboxylic acids is 1. The molecule has 0 radical (unpaired) electrons. The third kappa shape index (κ3) is 4.80. The van der Waals surface area contributed by atoms with Gasteiger partial charge in [0.25, 0.3) is 0 Å². The molecule has 2 aromatic rings. The van der Waals surface area contributed by atoms with Crippen molar-refractivity contribution in [2.45, 2.75) is 25.2 Å².